The molecule has 31 heavy (non-hydrogen) atoms. The van der Waals surface area contributed by atoms with Crippen LogP contribution >= 0.6 is 11.8 Å². The van der Waals surface area contributed by atoms with Crippen LogP contribution in [0.4, 0.5) is 5.69 Å². The zero-order valence-corrected chi connectivity index (χ0v) is 18.5. The van der Waals surface area contributed by atoms with Gasteiger partial charge in [0.25, 0.3) is 0 Å². The topological polar surface area (TPSA) is 52.7 Å². The van der Waals surface area contributed by atoms with Crippen molar-refractivity contribution in [2.24, 2.45) is 0 Å². The van der Waals surface area contributed by atoms with Crippen molar-refractivity contribution >= 4 is 35.3 Å². The van der Waals surface area contributed by atoms with Crippen molar-refractivity contribution in [2.45, 2.75) is 18.1 Å². The van der Waals surface area contributed by atoms with Gasteiger partial charge in [-0.3, -0.25) is 14.5 Å². The number of hydrogen-bond acceptors (Lipinski definition) is 4. The molecule has 0 aliphatic carbocycles. The first-order chi connectivity index (χ1) is 15.2. The van der Waals surface area contributed by atoms with Crippen LogP contribution in [0.25, 0.3) is 6.08 Å². The highest BCUT2D eigenvalue weighted by molar-refractivity contribution is 8.01. The van der Waals surface area contributed by atoms with Crippen LogP contribution in [-0.4, -0.2) is 65.3 Å². The second kappa shape index (κ2) is 10.6. The minimum atomic E-state index is -0.180. The Labute approximate surface area is 188 Å². The Morgan fingerprint density at radius 2 is 1.77 bits per heavy atom. The quantitative estimate of drug-likeness (QED) is 0.754. The highest BCUT2D eigenvalue weighted by Gasteiger charge is 2.26. The van der Waals surface area contributed by atoms with Gasteiger partial charge in [-0.05, 0) is 30.0 Å². The van der Waals surface area contributed by atoms with E-state index in [4.69, 9.17) is 0 Å². The molecule has 162 valence electrons. The lowest BCUT2D eigenvalue weighted by Crippen LogP contribution is -2.49. The Bertz CT molecular complexity index is 923. The van der Waals surface area contributed by atoms with Crippen LogP contribution in [0.3, 0.4) is 0 Å². The Balaban J connectivity index is 1.19. The van der Waals surface area contributed by atoms with Crippen molar-refractivity contribution in [3.05, 3.63) is 71.8 Å². The van der Waals surface area contributed by atoms with Gasteiger partial charge in [-0.2, -0.15) is 0 Å². The molecule has 2 aromatic rings. The van der Waals surface area contributed by atoms with Gasteiger partial charge < -0.3 is 10.2 Å². The molecule has 1 N–H and O–H groups in total. The Hall–Kier alpha value is -2.57. The largest absolute Gasteiger partial charge is 0.339 e. The van der Waals surface area contributed by atoms with E-state index < -0.39 is 0 Å². The molecule has 2 heterocycles. The van der Waals surface area contributed by atoms with Crippen molar-refractivity contribution in [1.82, 2.24) is 9.80 Å². The molecule has 1 atom stereocenters. The number of amides is 2. The summed E-state index contributed by atoms with van der Waals surface area (Å²) in [7, 11) is 0. The summed E-state index contributed by atoms with van der Waals surface area (Å²) in [6.45, 7) is 4.17. The number of piperazine rings is 1. The van der Waals surface area contributed by atoms with Gasteiger partial charge in [0, 0.05) is 38.4 Å². The minimum absolute atomic E-state index is 0.0118. The summed E-state index contributed by atoms with van der Waals surface area (Å²) in [5, 5.41) is 2.84. The molecule has 2 aromatic carbocycles. The van der Waals surface area contributed by atoms with E-state index in [9.17, 15) is 9.59 Å². The van der Waals surface area contributed by atoms with E-state index in [1.165, 1.54) is 22.9 Å². The number of carbonyl (C=O) groups is 2. The van der Waals surface area contributed by atoms with Crippen molar-refractivity contribution < 1.29 is 9.59 Å². The summed E-state index contributed by atoms with van der Waals surface area (Å²) in [5.41, 5.74) is 3.28. The van der Waals surface area contributed by atoms with Gasteiger partial charge in [-0.1, -0.05) is 60.7 Å². The van der Waals surface area contributed by atoms with E-state index in [1.54, 1.807) is 0 Å². The number of benzene rings is 2. The van der Waals surface area contributed by atoms with Crippen molar-refractivity contribution in [3.63, 3.8) is 0 Å². The number of aryl methyl sites for hydroxylation is 1. The molecule has 0 bridgehead atoms. The van der Waals surface area contributed by atoms with Gasteiger partial charge in [-0.25, -0.2) is 0 Å². The molecule has 1 saturated heterocycles. The smallest absolute Gasteiger partial charge is 0.237 e. The van der Waals surface area contributed by atoms with Crippen molar-refractivity contribution in [2.75, 3.05) is 43.8 Å². The lowest BCUT2D eigenvalue weighted by molar-refractivity contribution is -0.130. The Morgan fingerprint density at radius 3 is 2.58 bits per heavy atom. The lowest BCUT2D eigenvalue weighted by atomic mass is 10.1. The molecule has 0 aromatic heterocycles. The maximum atomic E-state index is 12.7. The van der Waals surface area contributed by atoms with Crippen LogP contribution in [0.1, 0.15) is 17.5 Å². The van der Waals surface area contributed by atoms with E-state index in [1.807, 2.05) is 41.3 Å². The number of fused-ring (bicyclic) bond motifs is 1. The SMILES string of the molecule is O=C1Nc2ccccc2CCC1SCC(=O)N1CCN(C/C=C/c2ccccc2)CC1. The van der Waals surface area contributed by atoms with E-state index >= 15 is 0 Å². The highest BCUT2D eigenvalue weighted by atomic mass is 32.2. The monoisotopic (exact) mass is 435 g/mol. The summed E-state index contributed by atoms with van der Waals surface area (Å²) in [4.78, 5) is 29.5. The summed E-state index contributed by atoms with van der Waals surface area (Å²) in [6, 6.07) is 18.2. The third-order valence-electron chi connectivity index (χ3n) is 5.85. The van der Waals surface area contributed by atoms with Crippen molar-refractivity contribution in [1.29, 1.82) is 0 Å². The number of nitrogens with one attached hydrogen (secondary N) is 1. The number of para-hydroxylation sites is 1. The van der Waals surface area contributed by atoms with Gasteiger partial charge in [0.2, 0.25) is 11.8 Å². The molecule has 2 amide bonds. The average Bonchev–Trinajstić information content (AvgIpc) is 2.96. The number of rotatable bonds is 6. The number of nitrogens with zero attached hydrogens (tertiary/aromatic N) is 2. The fourth-order valence-electron chi connectivity index (χ4n) is 4.00. The predicted octanol–water partition coefficient (Wildman–Crippen LogP) is 3.53. The van der Waals surface area contributed by atoms with Gasteiger partial charge >= 0.3 is 0 Å². The van der Waals surface area contributed by atoms with Crippen molar-refractivity contribution in [3.8, 4) is 0 Å². The highest BCUT2D eigenvalue weighted by Crippen LogP contribution is 2.27. The third-order valence-corrected chi connectivity index (χ3v) is 7.12. The zero-order chi connectivity index (χ0) is 21.5. The molecule has 2 aliphatic heterocycles. The van der Waals surface area contributed by atoms with E-state index in [2.05, 4.69) is 40.6 Å². The maximum absolute atomic E-state index is 12.7. The first kappa shape index (κ1) is 21.7. The number of thioether (sulfide) groups is 1. The van der Waals surface area contributed by atoms with Gasteiger partial charge in [-0.15, -0.1) is 11.8 Å². The number of anilines is 1. The summed E-state index contributed by atoms with van der Waals surface area (Å²) < 4.78 is 0. The number of carbonyl (C=O) groups excluding carboxylic acids is 2. The first-order valence-corrected chi connectivity index (χ1v) is 12.0. The summed E-state index contributed by atoms with van der Waals surface area (Å²) in [5.74, 6) is 0.513. The summed E-state index contributed by atoms with van der Waals surface area (Å²) >= 11 is 1.48. The molecular formula is C25H29N3O2S. The second-order valence-corrected chi connectivity index (χ2v) is 9.17. The molecule has 1 fully saturated rings. The molecule has 0 saturated carbocycles. The number of hydrogen-bond donors (Lipinski definition) is 1. The van der Waals surface area contributed by atoms with E-state index in [0.717, 1.165) is 51.3 Å². The molecule has 2 aliphatic rings. The predicted molar refractivity (Wildman–Crippen MR) is 128 cm³/mol. The molecule has 1 unspecified atom stereocenters. The minimum Gasteiger partial charge on any atom is -0.339 e. The van der Waals surface area contributed by atoms with Crippen LogP contribution in [0.5, 0.6) is 0 Å². The van der Waals surface area contributed by atoms with Gasteiger partial charge in [0.1, 0.15) is 0 Å². The lowest BCUT2D eigenvalue weighted by Gasteiger charge is -2.34. The third kappa shape index (κ3) is 5.99. The van der Waals surface area contributed by atoms with E-state index in [0.29, 0.717) is 5.75 Å². The Kier molecular flexibility index (Phi) is 7.43. The Morgan fingerprint density at radius 1 is 1.03 bits per heavy atom. The molecule has 0 radical (unpaired) electrons. The molecule has 5 nitrogen and oxygen atoms in total. The first-order valence-electron chi connectivity index (χ1n) is 10.9. The fourth-order valence-corrected chi connectivity index (χ4v) is 5.02. The zero-order valence-electron chi connectivity index (χ0n) is 17.7. The standard InChI is InChI=1S/C25H29N3O2S/c29-24(19-31-23-13-12-21-10-4-5-11-22(21)26-25(23)30)28-17-15-27(16-18-28)14-6-9-20-7-2-1-3-8-20/h1-11,23H,12-19H2,(H,26,30)/b9-6+. The van der Waals surface area contributed by atoms with Crippen LogP contribution in [0.15, 0.2) is 60.7 Å². The summed E-state index contributed by atoms with van der Waals surface area (Å²) in [6.07, 6.45) is 5.95. The van der Waals surface area contributed by atoms with Crippen LogP contribution in [0, 0.1) is 0 Å². The van der Waals surface area contributed by atoms with Crippen LogP contribution in [-0.2, 0) is 16.0 Å². The molecule has 6 heteroatoms. The maximum Gasteiger partial charge on any atom is 0.237 e. The molecule has 4 rings (SSSR count). The molecular weight excluding hydrogens is 406 g/mol. The van der Waals surface area contributed by atoms with Crippen LogP contribution in [0.2, 0.25) is 0 Å². The van der Waals surface area contributed by atoms with Gasteiger partial charge in [0.15, 0.2) is 0 Å². The second-order valence-electron chi connectivity index (χ2n) is 7.98. The average molecular weight is 436 g/mol. The van der Waals surface area contributed by atoms with Crippen LogP contribution < -0.4 is 5.32 Å². The normalized spacial score (nSPS) is 19.7. The molecule has 0 spiro atoms. The van der Waals surface area contributed by atoms with Gasteiger partial charge in [0.05, 0.1) is 11.0 Å². The fraction of sp³-hybridized carbons (Fsp3) is 0.360. The van der Waals surface area contributed by atoms with E-state index in [-0.39, 0.29) is 17.1 Å².